The van der Waals surface area contributed by atoms with Gasteiger partial charge in [0.25, 0.3) is 0 Å². The standard InChI is InChI=1S/C12H13ClN4O/c1-16-6-8(4-11(16)18)7-17-3-2-9-5-10(13)14-15-12(9)17/h2-3,5,8H,4,6-7H2,1H3. The monoisotopic (exact) mass is 264 g/mol. The van der Waals surface area contributed by atoms with Crippen LogP contribution in [-0.4, -0.2) is 39.2 Å². The van der Waals surface area contributed by atoms with Gasteiger partial charge in [0.1, 0.15) is 0 Å². The largest absolute Gasteiger partial charge is 0.345 e. The van der Waals surface area contributed by atoms with E-state index in [4.69, 9.17) is 11.6 Å². The summed E-state index contributed by atoms with van der Waals surface area (Å²) in [5.41, 5.74) is 0.821. The Morgan fingerprint density at radius 1 is 1.50 bits per heavy atom. The molecule has 3 heterocycles. The third kappa shape index (κ3) is 1.95. The van der Waals surface area contributed by atoms with Gasteiger partial charge in [0.15, 0.2) is 10.8 Å². The highest BCUT2D eigenvalue weighted by molar-refractivity contribution is 6.29. The minimum absolute atomic E-state index is 0.214. The van der Waals surface area contributed by atoms with E-state index in [1.807, 2.05) is 23.9 Å². The van der Waals surface area contributed by atoms with E-state index in [1.165, 1.54) is 0 Å². The second kappa shape index (κ2) is 4.24. The van der Waals surface area contributed by atoms with E-state index in [2.05, 4.69) is 10.2 Å². The third-order valence-electron chi connectivity index (χ3n) is 3.36. The maximum atomic E-state index is 11.5. The first-order valence-electron chi connectivity index (χ1n) is 5.85. The van der Waals surface area contributed by atoms with Crippen LogP contribution in [0.2, 0.25) is 5.15 Å². The molecule has 1 fully saturated rings. The lowest BCUT2D eigenvalue weighted by atomic mass is 10.1. The SMILES string of the molecule is CN1CC(Cn2ccc3cc(Cl)nnc32)CC1=O. The molecule has 1 saturated heterocycles. The summed E-state index contributed by atoms with van der Waals surface area (Å²) in [6, 6.07) is 3.77. The van der Waals surface area contributed by atoms with Crippen molar-refractivity contribution in [1.29, 1.82) is 0 Å². The van der Waals surface area contributed by atoms with E-state index in [0.29, 0.717) is 17.5 Å². The zero-order chi connectivity index (χ0) is 12.7. The minimum atomic E-state index is 0.214. The summed E-state index contributed by atoms with van der Waals surface area (Å²) in [5.74, 6) is 0.557. The number of hydrogen-bond acceptors (Lipinski definition) is 3. The molecule has 1 aliphatic rings. The highest BCUT2D eigenvalue weighted by Gasteiger charge is 2.27. The number of fused-ring (bicyclic) bond motifs is 1. The summed E-state index contributed by atoms with van der Waals surface area (Å²) in [7, 11) is 1.84. The van der Waals surface area contributed by atoms with Crippen LogP contribution in [0.5, 0.6) is 0 Å². The Morgan fingerprint density at radius 3 is 3.06 bits per heavy atom. The predicted molar refractivity (Wildman–Crippen MR) is 68.3 cm³/mol. The molecule has 2 aromatic heterocycles. The maximum absolute atomic E-state index is 11.5. The molecule has 2 aromatic rings. The van der Waals surface area contributed by atoms with Gasteiger partial charge in [-0.2, -0.15) is 0 Å². The number of aromatic nitrogens is 3. The van der Waals surface area contributed by atoms with Crippen molar-refractivity contribution in [3.63, 3.8) is 0 Å². The molecule has 1 aliphatic heterocycles. The molecule has 0 saturated carbocycles. The van der Waals surface area contributed by atoms with Gasteiger partial charge >= 0.3 is 0 Å². The van der Waals surface area contributed by atoms with Gasteiger partial charge in [0.05, 0.1) is 0 Å². The summed E-state index contributed by atoms with van der Waals surface area (Å²) in [6.45, 7) is 1.59. The molecular weight excluding hydrogens is 252 g/mol. The third-order valence-corrected chi connectivity index (χ3v) is 3.54. The molecule has 0 radical (unpaired) electrons. The highest BCUT2D eigenvalue weighted by atomic mass is 35.5. The van der Waals surface area contributed by atoms with Crippen LogP contribution in [0.4, 0.5) is 0 Å². The molecule has 1 unspecified atom stereocenters. The zero-order valence-corrected chi connectivity index (χ0v) is 10.8. The van der Waals surface area contributed by atoms with Crippen LogP contribution in [0, 0.1) is 5.92 Å². The smallest absolute Gasteiger partial charge is 0.222 e. The van der Waals surface area contributed by atoms with Crippen molar-refractivity contribution in [2.75, 3.05) is 13.6 Å². The Balaban J connectivity index is 1.85. The average Bonchev–Trinajstić information content (AvgIpc) is 2.84. The van der Waals surface area contributed by atoms with E-state index in [0.717, 1.165) is 24.1 Å². The summed E-state index contributed by atoms with van der Waals surface area (Å²) >= 11 is 5.80. The van der Waals surface area contributed by atoms with Gasteiger partial charge in [-0.15, -0.1) is 10.2 Å². The number of halogens is 1. The molecular formula is C12H13ClN4O. The Kier molecular flexibility index (Phi) is 2.70. The van der Waals surface area contributed by atoms with Gasteiger partial charge in [-0.1, -0.05) is 11.6 Å². The first-order chi connectivity index (χ1) is 8.63. The first kappa shape index (κ1) is 11.5. The quantitative estimate of drug-likeness (QED) is 0.827. The maximum Gasteiger partial charge on any atom is 0.222 e. The fourth-order valence-corrected chi connectivity index (χ4v) is 2.62. The van der Waals surface area contributed by atoms with Crippen molar-refractivity contribution >= 4 is 28.5 Å². The van der Waals surface area contributed by atoms with Crippen LogP contribution >= 0.6 is 11.6 Å². The summed E-state index contributed by atoms with van der Waals surface area (Å²) < 4.78 is 2.04. The minimum Gasteiger partial charge on any atom is -0.345 e. The van der Waals surface area contributed by atoms with Gasteiger partial charge in [0.2, 0.25) is 5.91 Å². The van der Waals surface area contributed by atoms with Crippen molar-refractivity contribution < 1.29 is 4.79 Å². The fourth-order valence-electron chi connectivity index (χ4n) is 2.47. The molecule has 0 aliphatic carbocycles. The summed E-state index contributed by atoms with van der Waals surface area (Å²) in [5, 5.41) is 9.34. The van der Waals surface area contributed by atoms with Gasteiger partial charge in [-0.05, 0) is 12.1 Å². The van der Waals surface area contributed by atoms with Crippen molar-refractivity contribution in [3.8, 4) is 0 Å². The number of nitrogens with zero attached hydrogens (tertiary/aromatic N) is 4. The molecule has 3 rings (SSSR count). The summed E-state index contributed by atoms with van der Waals surface area (Å²) in [4.78, 5) is 13.3. The molecule has 1 amide bonds. The fraction of sp³-hybridized carbons (Fsp3) is 0.417. The molecule has 5 nitrogen and oxygen atoms in total. The lowest BCUT2D eigenvalue weighted by Gasteiger charge is -2.11. The normalized spacial score (nSPS) is 20.0. The zero-order valence-electron chi connectivity index (χ0n) is 10.0. The van der Waals surface area contributed by atoms with Crippen LogP contribution in [-0.2, 0) is 11.3 Å². The molecule has 18 heavy (non-hydrogen) atoms. The van der Waals surface area contributed by atoms with Crippen molar-refractivity contribution in [2.24, 2.45) is 5.92 Å². The molecule has 94 valence electrons. The molecule has 6 heteroatoms. The second-order valence-corrected chi connectivity index (χ2v) is 5.15. The molecule has 0 aromatic carbocycles. The number of amides is 1. The van der Waals surface area contributed by atoms with E-state index < -0.39 is 0 Å². The first-order valence-corrected chi connectivity index (χ1v) is 6.23. The van der Waals surface area contributed by atoms with E-state index >= 15 is 0 Å². The van der Waals surface area contributed by atoms with Crippen molar-refractivity contribution in [2.45, 2.75) is 13.0 Å². The Morgan fingerprint density at radius 2 is 2.33 bits per heavy atom. The number of likely N-dealkylation sites (tertiary alicyclic amines) is 1. The Hall–Kier alpha value is -1.62. The van der Waals surface area contributed by atoms with E-state index in [9.17, 15) is 4.79 Å². The van der Waals surface area contributed by atoms with Gasteiger partial charge in [-0.25, -0.2) is 0 Å². The number of hydrogen-bond donors (Lipinski definition) is 0. The van der Waals surface area contributed by atoms with E-state index in [-0.39, 0.29) is 5.91 Å². The number of carbonyl (C=O) groups excluding carboxylic acids is 1. The van der Waals surface area contributed by atoms with Crippen LogP contribution in [0.1, 0.15) is 6.42 Å². The van der Waals surface area contributed by atoms with Crippen LogP contribution in [0.15, 0.2) is 18.3 Å². The lowest BCUT2D eigenvalue weighted by Crippen LogP contribution is -2.20. The van der Waals surface area contributed by atoms with Crippen LogP contribution in [0.3, 0.4) is 0 Å². The second-order valence-electron chi connectivity index (χ2n) is 4.76. The predicted octanol–water partition coefficient (Wildman–Crippen LogP) is 1.56. The molecule has 0 spiro atoms. The summed E-state index contributed by atoms with van der Waals surface area (Å²) in [6.07, 6.45) is 2.58. The molecule has 0 N–H and O–H groups in total. The molecule has 0 bridgehead atoms. The highest BCUT2D eigenvalue weighted by Crippen LogP contribution is 2.21. The van der Waals surface area contributed by atoms with Crippen molar-refractivity contribution in [3.05, 3.63) is 23.5 Å². The number of carbonyl (C=O) groups is 1. The average molecular weight is 265 g/mol. The Labute approximate surface area is 109 Å². The van der Waals surface area contributed by atoms with Crippen LogP contribution < -0.4 is 0 Å². The van der Waals surface area contributed by atoms with Gasteiger partial charge in [0, 0.05) is 44.1 Å². The van der Waals surface area contributed by atoms with E-state index in [1.54, 1.807) is 11.0 Å². The topological polar surface area (TPSA) is 51.0 Å². The number of rotatable bonds is 2. The molecule has 1 atom stereocenters. The van der Waals surface area contributed by atoms with Crippen LogP contribution in [0.25, 0.3) is 11.0 Å². The Bertz CT molecular complexity index is 609. The van der Waals surface area contributed by atoms with Gasteiger partial charge in [-0.3, -0.25) is 4.79 Å². The van der Waals surface area contributed by atoms with Gasteiger partial charge < -0.3 is 9.47 Å². The lowest BCUT2D eigenvalue weighted by molar-refractivity contribution is -0.126. The van der Waals surface area contributed by atoms with Crippen molar-refractivity contribution in [1.82, 2.24) is 19.7 Å².